The van der Waals surface area contributed by atoms with Crippen molar-refractivity contribution in [1.29, 1.82) is 0 Å². The van der Waals surface area contributed by atoms with Crippen LogP contribution in [0, 0.1) is 5.92 Å². The second kappa shape index (κ2) is 11.0. The number of fused-ring (bicyclic) bond motifs is 1. The Morgan fingerprint density at radius 2 is 1.58 bits per heavy atom. The predicted octanol–water partition coefficient (Wildman–Crippen LogP) is 7.02. The number of nitrogens with zero attached hydrogens (tertiary/aromatic N) is 1. The molecule has 0 aliphatic heterocycles. The predicted molar refractivity (Wildman–Crippen MR) is 157 cm³/mol. The van der Waals surface area contributed by atoms with Gasteiger partial charge in [-0.05, 0) is 80.5 Å². The third-order valence-corrected chi connectivity index (χ3v) is 7.14. The molecule has 0 spiro atoms. The lowest BCUT2D eigenvalue weighted by Gasteiger charge is -2.13. The van der Waals surface area contributed by atoms with Gasteiger partial charge in [-0.1, -0.05) is 61.5 Å². The highest BCUT2D eigenvalue weighted by Gasteiger charge is 2.21. The number of aromatic nitrogens is 2. The van der Waals surface area contributed by atoms with Gasteiger partial charge in [-0.3, -0.25) is 9.59 Å². The molecule has 5 heteroatoms. The third kappa shape index (κ3) is 5.24. The zero-order valence-corrected chi connectivity index (χ0v) is 22.1. The summed E-state index contributed by atoms with van der Waals surface area (Å²) in [6.07, 6.45) is 3.46. The molecule has 0 aliphatic rings. The number of hydrogen-bond donors (Lipinski definition) is 2. The highest BCUT2D eigenvalue weighted by atomic mass is 16.1. The van der Waals surface area contributed by atoms with E-state index in [1.54, 1.807) is 6.20 Å². The van der Waals surface area contributed by atoms with Crippen molar-refractivity contribution in [1.82, 2.24) is 14.9 Å². The summed E-state index contributed by atoms with van der Waals surface area (Å²) in [5.74, 6) is 0.0905. The first-order valence-corrected chi connectivity index (χ1v) is 13.1. The van der Waals surface area contributed by atoms with Crippen LogP contribution in [-0.2, 0) is 0 Å². The number of H-pyrrole nitrogens is 2. The molecule has 0 saturated carbocycles. The van der Waals surface area contributed by atoms with Gasteiger partial charge in [-0.25, -0.2) is 0 Å². The number of Topliss-reactive ketones (excluding diaryl/α,β-unsaturated/α-hetero) is 1. The van der Waals surface area contributed by atoms with Gasteiger partial charge in [0.05, 0.1) is 11.3 Å². The largest absolute Gasteiger partial charge is 0.354 e. The zero-order chi connectivity index (χ0) is 26.6. The standard InChI is InChI=1S/C33H33N3O2/c1-22(9-8-20-36(2)3)32(37)26-17-18-29-28(21-26)30(31(35-29)27-12-7-19-34-33(27)38)25-15-13-24(14-16-25)23-10-5-4-6-11-23/h4-7,10-19,21-22,35H,8-9,20H2,1-3H3,(H,34,38). The first-order chi connectivity index (χ1) is 18.4. The maximum atomic E-state index is 13.4. The van der Waals surface area contributed by atoms with E-state index in [1.807, 2.05) is 55.5 Å². The van der Waals surface area contributed by atoms with Crippen molar-refractivity contribution >= 4 is 16.7 Å². The average molecular weight is 504 g/mol. The highest BCUT2D eigenvalue weighted by molar-refractivity contribution is 6.08. The molecule has 0 saturated heterocycles. The maximum absolute atomic E-state index is 13.4. The smallest absolute Gasteiger partial charge is 0.257 e. The molecule has 2 aromatic heterocycles. The molecule has 1 atom stereocenters. The van der Waals surface area contributed by atoms with Crippen molar-refractivity contribution < 1.29 is 4.79 Å². The van der Waals surface area contributed by atoms with Gasteiger partial charge in [-0.2, -0.15) is 0 Å². The lowest BCUT2D eigenvalue weighted by atomic mass is 9.92. The Hall–Kier alpha value is -4.22. The number of pyridine rings is 1. The Kier molecular flexibility index (Phi) is 7.38. The number of ketones is 1. The maximum Gasteiger partial charge on any atom is 0.257 e. The number of carbonyl (C=O) groups is 1. The van der Waals surface area contributed by atoms with Crippen LogP contribution in [0.2, 0.25) is 0 Å². The van der Waals surface area contributed by atoms with Crippen LogP contribution in [0.4, 0.5) is 0 Å². The van der Waals surface area contributed by atoms with Crippen LogP contribution in [-0.4, -0.2) is 41.3 Å². The quantitative estimate of drug-likeness (QED) is 0.212. The van der Waals surface area contributed by atoms with E-state index >= 15 is 0 Å². The van der Waals surface area contributed by atoms with E-state index in [0.29, 0.717) is 11.1 Å². The minimum absolute atomic E-state index is 0.0589. The van der Waals surface area contributed by atoms with Crippen LogP contribution in [0.3, 0.4) is 0 Å². The second-order valence-corrected chi connectivity index (χ2v) is 10.2. The summed E-state index contributed by atoms with van der Waals surface area (Å²) in [5.41, 5.74) is 6.92. The van der Waals surface area contributed by atoms with E-state index in [9.17, 15) is 9.59 Å². The molecule has 192 valence electrons. The Morgan fingerprint density at radius 3 is 2.29 bits per heavy atom. The highest BCUT2D eigenvalue weighted by Crippen LogP contribution is 2.38. The number of carbonyl (C=O) groups excluding carboxylic acids is 1. The molecule has 0 fully saturated rings. The van der Waals surface area contributed by atoms with Crippen LogP contribution in [0.15, 0.2) is 95.9 Å². The number of hydrogen-bond acceptors (Lipinski definition) is 3. The Morgan fingerprint density at radius 1 is 0.868 bits per heavy atom. The average Bonchev–Trinajstić information content (AvgIpc) is 3.31. The SMILES string of the molecule is CC(CCCN(C)C)C(=O)c1ccc2[nH]c(-c3ccc[nH]c3=O)c(-c3ccc(-c4ccccc4)cc3)c2c1. The van der Waals surface area contributed by atoms with Crippen LogP contribution < -0.4 is 5.56 Å². The molecule has 0 radical (unpaired) electrons. The summed E-state index contributed by atoms with van der Waals surface area (Å²) < 4.78 is 0. The molecule has 2 heterocycles. The fraction of sp³-hybridized carbons (Fsp3) is 0.212. The van der Waals surface area contributed by atoms with E-state index in [-0.39, 0.29) is 17.3 Å². The lowest BCUT2D eigenvalue weighted by Crippen LogP contribution is -2.16. The molecule has 0 amide bonds. The van der Waals surface area contributed by atoms with Gasteiger partial charge in [0.2, 0.25) is 0 Å². The van der Waals surface area contributed by atoms with Crippen LogP contribution in [0.1, 0.15) is 30.1 Å². The van der Waals surface area contributed by atoms with Gasteiger partial charge in [-0.15, -0.1) is 0 Å². The van der Waals surface area contributed by atoms with Crippen LogP contribution >= 0.6 is 0 Å². The van der Waals surface area contributed by atoms with Crippen molar-refractivity contribution in [3.8, 4) is 33.5 Å². The van der Waals surface area contributed by atoms with Gasteiger partial charge in [0.1, 0.15) is 0 Å². The van der Waals surface area contributed by atoms with Crippen molar-refractivity contribution in [3.05, 3.63) is 107 Å². The summed E-state index contributed by atoms with van der Waals surface area (Å²) >= 11 is 0. The topological polar surface area (TPSA) is 69.0 Å². The molecular formula is C33H33N3O2. The van der Waals surface area contributed by atoms with Gasteiger partial charge >= 0.3 is 0 Å². The van der Waals surface area contributed by atoms with Gasteiger partial charge < -0.3 is 14.9 Å². The fourth-order valence-corrected chi connectivity index (χ4v) is 5.05. The van der Waals surface area contributed by atoms with Crippen LogP contribution in [0.25, 0.3) is 44.4 Å². The normalized spacial score (nSPS) is 12.2. The minimum atomic E-state index is -0.160. The molecule has 0 bridgehead atoms. The Balaban J connectivity index is 1.59. The van der Waals surface area contributed by atoms with E-state index in [2.05, 4.69) is 65.4 Å². The third-order valence-electron chi connectivity index (χ3n) is 7.14. The van der Waals surface area contributed by atoms with Gasteiger partial charge in [0.15, 0.2) is 5.78 Å². The first kappa shape index (κ1) is 25.4. The van der Waals surface area contributed by atoms with Crippen molar-refractivity contribution in [3.63, 3.8) is 0 Å². The number of rotatable bonds is 9. The van der Waals surface area contributed by atoms with Crippen molar-refractivity contribution in [2.75, 3.05) is 20.6 Å². The van der Waals surface area contributed by atoms with E-state index in [1.165, 1.54) is 0 Å². The molecule has 1 unspecified atom stereocenters. The summed E-state index contributed by atoms with van der Waals surface area (Å²) in [6.45, 7) is 2.98. The monoisotopic (exact) mass is 503 g/mol. The summed E-state index contributed by atoms with van der Waals surface area (Å²) in [7, 11) is 4.10. The molecule has 38 heavy (non-hydrogen) atoms. The van der Waals surface area contributed by atoms with E-state index in [4.69, 9.17) is 0 Å². The first-order valence-electron chi connectivity index (χ1n) is 13.1. The summed E-state index contributed by atoms with van der Waals surface area (Å²) in [6, 6.07) is 28.1. The number of benzene rings is 3. The molecule has 0 aliphatic carbocycles. The zero-order valence-electron chi connectivity index (χ0n) is 22.1. The molecule has 3 aromatic carbocycles. The molecule has 5 nitrogen and oxygen atoms in total. The van der Waals surface area contributed by atoms with E-state index in [0.717, 1.165) is 58.2 Å². The number of nitrogens with one attached hydrogen (secondary N) is 2. The second-order valence-electron chi connectivity index (χ2n) is 10.2. The van der Waals surface area contributed by atoms with Crippen LogP contribution in [0.5, 0.6) is 0 Å². The van der Waals surface area contributed by atoms with E-state index < -0.39 is 0 Å². The Labute approximate surface area is 223 Å². The molecule has 5 aromatic rings. The van der Waals surface area contributed by atoms with Gasteiger partial charge in [0.25, 0.3) is 5.56 Å². The molecule has 5 rings (SSSR count). The van der Waals surface area contributed by atoms with Crippen molar-refractivity contribution in [2.45, 2.75) is 19.8 Å². The summed E-state index contributed by atoms with van der Waals surface area (Å²) in [4.78, 5) is 34.6. The lowest BCUT2D eigenvalue weighted by molar-refractivity contribution is 0.0921. The minimum Gasteiger partial charge on any atom is -0.354 e. The van der Waals surface area contributed by atoms with Gasteiger partial charge in [0, 0.05) is 34.1 Å². The summed E-state index contributed by atoms with van der Waals surface area (Å²) in [5, 5.41) is 0.932. The fourth-order valence-electron chi connectivity index (χ4n) is 5.05. The Bertz CT molecular complexity index is 1610. The molecule has 2 N–H and O–H groups in total. The van der Waals surface area contributed by atoms with Crippen molar-refractivity contribution in [2.24, 2.45) is 5.92 Å². The molecular weight excluding hydrogens is 470 g/mol. The number of aromatic amines is 2.